The number of thiazole rings is 1. The first-order chi connectivity index (χ1) is 13.6. The molecule has 0 unspecified atom stereocenters. The number of halogens is 2. The van der Waals surface area contributed by atoms with Crippen LogP contribution in [0.5, 0.6) is 0 Å². The van der Waals surface area contributed by atoms with Crippen LogP contribution in [0.1, 0.15) is 34.7 Å². The summed E-state index contributed by atoms with van der Waals surface area (Å²) >= 11 is 7.59. The molecule has 0 radical (unpaired) electrons. The fraction of sp³-hybridized carbons (Fsp3) is 0.273. The lowest BCUT2D eigenvalue weighted by Crippen LogP contribution is -2.34. The molecule has 28 heavy (non-hydrogen) atoms. The summed E-state index contributed by atoms with van der Waals surface area (Å²) in [5.41, 5.74) is 2.42. The number of hydrogen-bond acceptors (Lipinski definition) is 3. The molecule has 0 atom stereocenters. The van der Waals surface area contributed by atoms with Gasteiger partial charge < -0.3 is 4.90 Å². The van der Waals surface area contributed by atoms with Gasteiger partial charge in [-0.25, -0.2) is 9.37 Å². The molecule has 3 aromatic rings. The van der Waals surface area contributed by atoms with Crippen LogP contribution in [0, 0.1) is 5.82 Å². The summed E-state index contributed by atoms with van der Waals surface area (Å²) in [6.45, 7) is 0.315. The smallest absolute Gasteiger partial charge is 0.229 e. The normalized spacial score (nSPS) is 13.5. The van der Waals surface area contributed by atoms with Crippen LogP contribution in [0.2, 0.25) is 5.02 Å². The van der Waals surface area contributed by atoms with E-state index >= 15 is 0 Å². The quantitative estimate of drug-likeness (QED) is 0.528. The molecule has 0 saturated heterocycles. The number of carbonyl (C=O) groups is 1. The van der Waals surface area contributed by atoms with Crippen molar-refractivity contribution in [3.05, 3.63) is 86.6 Å². The zero-order valence-electron chi connectivity index (χ0n) is 15.3. The highest BCUT2D eigenvalue weighted by molar-refractivity contribution is 7.09. The molecule has 1 aromatic heterocycles. The lowest BCUT2D eigenvalue weighted by atomic mass is 10.1. The SMILES string of the molecule is O=C(Cc1csc(Cc2cccc(Cl)c2)n1)N(Cc1ccccc1F)C1CC1. The molecule has 1 amide bonds. The van der Waals surface area contributed by atoms with Crippen molar-refractivity contribution in [1.82, 2.24) is 9.88 Å². The lowest BCUT2D eigenvalue weighted by molar-refractivity contribution is -0.131. The average molecular weight is 415 g/mol. The second-order valence-electron chi connectivity index (χ2n) is 7.06. The van der Waals surface area contributed by atoms with Crippen molar-refractivity contribution < 1.29 is 9.18 Å². The molecule has 6 heteroatoms. The van der Waals surface area contributed by atoms with E-state index in [2.05, 4.69) is 4.98 Å². The largest absolute Gasteiger partial charge is 0.335 e. The van der Waals surface area contributed by atoms with Gasteiger partial charge in [0.15, 0.2) is 0 Å². The molecular weight excluding hydrogens is 395 g/mol. The summed E-state index contributed by atoms with van der Waals surface area (Å²) in [6, 6.07) is 14.6. The molecule has 0 bridgehead atoms. The second kappa shape index (κ2) is 8.41. The summed E-state index contributed by atoms with van der Waals surface area (Å²) in [6.07, 6.45) is 2.91. The van der Waals surface area contributed by atoms with Gasteiger partial charge in [0.25, 0.3) is 0 Å². The number of amides is 1. The van der Waals surface area contributed by atoms with Crippen molar-refractivity contribution in [2.45, 2.75) is 38.3 Å². The Bertz CT molecular complexity index is 986. The maximum absolute atomic E-state index is 14.0. The van der Waals surface area contributed by atoms with Crippen LogP contribution >= 0.6 is 22.9 Å². The molecule has 1 saturated carbocycles. The summed E-state index contributed by atoms with van der Waals surface area (Å²) in [4.78, 5) is 19.3. The van der Waals surface area contributed by atoms with Gasteiger partial charge in [-0.3, -0.25) is 4.79 Å². The Morgan fingerprint density at radius 3 is 2.79 bits per heavy atom. The van der Waals surface area contributed by atoms with Crippen molar-refractivity contribution in [3.63, 3.8) is 0 Å². The Balaban J connectivity index is 1.42. The third kappa shape index (κ3) is 4.78. The number of nitrogens with zero attached hydrogens (tertiary/aromatic N) is 2. The summed E-state index contributed by atoms with van der Waals surface area (Å²) in [7, 11) is 0. The molecular formula is C22H20ClFN2OS. The van der Waals surface area contributed by atoms with Crippen LogP contribution in [0.3, 0.4) is 0 Å². The maximum Gasteiger partial charge on any atom is 0.229 e. The molecule has 3 nitrogen and oxygen atoms in total. The lowest BCUT2D eigenvalue weighted by Gasteiger charge is -2.22. The minimum atomic E-state index is -0.265. The standard InChI is InChI=1S/C22H20ClFN2OS/c23-17-6-3-4-15(10-17)11-21-25-18(14-28-21)12-22(27)26(19-8-9-19)13-16-5-1-2-7-20(16)24/h1-7,10,14,19H,8-9,11-13H2. The van der Waals surface area contributed by atoms with Crippen LogP contribution < -0.4 is 0 Å². The van der Waals surface area contributed by atoms with Gasteiger partial charge in [0.05, 0.1) is 17.1 Å². The first-order valence-corrected chi connectivity index (χ1v) is 10.5. The number of hydrogen-bond donors (Lipinski definition) is 0. The Labute approximate surface area is 172 Å². The molecule has 0 spiro atoms. The average Bonchev–Trinajstić information content (AvgIpc) is 3.42. The Morgan fingerprint density at radius 2 is 2.04 bits per heavy atom. The monoisotopic (exact) mass is 414 g/mol. The van der Waals surface area contributed by atoms with Crippen LogP contribution in [-0.4, -0.2) is 21.8 Å². The molecule has 144 valence electrons. The van der Waals surface area contributed by atoms with E-state index < -0.39 is 0 Å². The molecule has 2 aromatic carbocycles. The molecule has 0 aliphatic heterocycles. The van der Waals surface area contributed by atoms with Crippen molar-refractivity contribution in [2.24, 2.45) is 0 Å². The number of carbonyl (C=O) groups excluding carboxylic acids is 1. The van der Waals surface area contributed by atoms with E-state index in [1.54, 1.807) is 34.4 Å². The van der Waals surface area contributed by atoms with Gasteiger partial charge >= 0.3 is 0 Å². The van der Waals surface area contributed by atoms with E-state index in [0.29, 0.717) is 23.6 Å². The molecule has 1 heterocycles. The summed E-state index contributed by atoms with van der Waals surface area (Å²) in [5, 5.41) is 3.60. The van der Waals surface area contributed by atoms with Crippen molar-refractivity contribution >= 4 is 28.8 Å². The predicted octanol–water partition coefficient (Wildman–Crippen LogP) is 5.26. The van der Waals surface area contributed by atoms with Gasteiger partial charge in [-0.15, -0.1) is 11.3 Å². The summed E-state index contributed by atoms with van der Waals surface area (Å²) in [5.74, 6) is -0.260. The minimum Gasteiger partial charge on any atom is -0.335 e. The zero-order chi connectivity index (χ0) is 19.5. The fourth-order valence-corrected chi connectivity index (χ4v) is 4.25. The second-order valence-corrected chi connectivity index (χ2v) is 8.44. The third-order valence-corrected chi connectivity index (χ3v) is 5.92. The maximum atomic E-state index is 14.0. The van der Waals surface area contributed by atoms with Gasteiger partial charge in [0.1, 0.15) is 5.82 Å². The highest BCUT2D eigenvalue weighted by Crippen LogP contribution is 2.29. The molecule has 1 aliphatic carbocycles. The predicted molar refractivity (Wildman–Crippen MR) is 110 cm³/mol. The fourth-order valence-electron chi connectivity index (χ4n) is 3.21. The highest BCUT2D eigenvalue weighted by atomic mass is 35.5. The van der Waals surface area contributed by atoms with Gasteiger partial charge in [-0.2, -0.15) is 0 Å². The summed E-state index contributed by atoms with van der Waals surface area (Å²) < 4.78 is 14.0. The number of benzene rings is 2. The minimum absolute atomic E-state index is 0.00496. The van der Waals surface area contributed by atoms with E-state index in [1.807, 2.05) is 29.6 Å². The van der Waals surface area contributed by atoms with E-state index in [0.717, 1.165) is 29.1 Å². The van der Waals surface area contributed by atoms with E-state index in [-0.39, 0.29) is 24.2 Å². The van der Waals surface area contributed by atoms with Crippen molar-refractivity contribution in [3.8, 4) is 0 Å². The van der Waals surface area contributed by atoms with Gasteiger partial charge in [0, 0.05) is 35.0 Å². The first-order valence-electron chi connectivity index (χ1n) is 9.29. The van der Waals surface area contributed by atoms with Crippen LogP contribution in [-0.2, 0) is 24.2 Å². The van der Waals surface area contributed by atoms with Gasteiger partial charge in [-0.1, -0.05) is 41.9 Å². The zero-order valence-corrected chi connectivity index (χ0v) is 16.8. The first kappa shape index (κ1) is 19.1. The Morgan fingerprint density at radius 1 is 1.21 bits per heavy atom. The van der Waals surface area contributed by atoms with Crippen molar-refractivity contribution in [2.75, 3.05) is 0 Å². The van der Waals surface area contributed by atoms with Crippen molar-refractivity contribution in [1.29, 1.82) is 0 Å². The molecule has 0 N–H and O–H groups in total. The Hall–Kier alpha value is -2.24. The van der Waals surface area contributed by atoms with Crippen LogP contribution in [0.4, 0.5) is 4.39 Å². The van der Waals surface area contributed by atoms with E-state index in [1.165, 1.54) is 6.07 Å². The molecule has 4 rings (SSSR count). The van der Waals surface area contributed by atoms with Gasteiger partial charge in [-0.05, 0) is 36.6 Å². The topological polar surface area (TPSA) is 33.2 Å². The number of rotatable bonds is 7. The van der Waals surface area contributed by atoms with E-state index in [9.17, 15) is 9.18 Å². The third-order valence-electron chi connectivity index (χ3n) is 4.78. The molecule has 1 fully saturated rings. The number of aromatic nitrogens is 1. The van der Waals surface area contributed by atoms with E-state index in [4.69, 9.17) is 11.6 Å². The Kier molecular flexibility index (Phi) is 5.74. The van der Waals surface area contributed by atoms with Crippen LogP contribution in [0.15, 0.2) is 53.9 Å². The van der Waals surface area contributed by atoms with Crippen LogP contribution in [0.25, 0.3) is 0 Å². The van der Waals surface area contributed by atoms with Gasteiger partial charge in [0.2, 0.25) is 5.91 Å². The molecule has 1 aliphatic rings. The highest BCUT2D eigenvalue weighted by Gasteiger charge is 2.33.